The quantitative estimate of drug-likeness (QED) is 0.691. The van der Waals surface area contributed by atoms with Crippen molar-refractivity contribution in [3.63, 3.8) is 0 Å². The lowest BCUT2D eigenvalue weighted by Gasteiger charge is -2.23. The van der Waals surface area contributed by atoms with Crippen LogP contribution in [-0.4, -0.2) is 60.3 Å². The Balaban J connectivity index is 1.75. The van der Waals surface area contributed by atoms with Crippen molar-refractivity contribution in [1.29, 1.82) is 0 Å². The molecule has 32 heavy (non-hydrogen) atoms. The molecule has 2 N–H and O–H groups in total. The molecule has 9 nitrogen and oxygen atoms in total. The van der Waals surface area contributed by atoms with Gasteiger partial charge in [-0.15, -0.1) is 0 Å². The van der Waals surface area contributed by atoms with Crippen LogP contribution in [0.3, 0.4) is 0 Å². The number of nitrogens with two attached hydrogens (primary N) is 1. The summed E-state index contributed by atoms with van der Waals surface area (Å²) in [6.45, 7) is 2.16. The van der Waals surface area contributed by atoms with E-state index in [9.17, 15) is 18.4 Å². The Kier molecular flexibility index (Phi) is 5.85. The molecular formula is C20H22F3N5O4. The number of cyclic esters (lactones) is 1. The summed E-state index contributed by atoms with van der Waals surface area (Å²) < 4.78 is 53.5. The van der Waals surface area contributed by atoms with E-state index in [1.54, 1.807) is 23.1 Å². The van der Waals surface area contributed by atoms with Gasteiger partial charge < -0.3 is 20.1 Å². The summed E-state index contributed by atoms with van der Waals surface area (Å²) in [7, 11) is 0. The summed E-state index contributed by atoms with van der Waals surface area (Å²) in [5.74, 6) is -1.39. The molecule has 2 aromatic rings. The highest BCUT2D eigenvalue weighted by Gasteiger charge is 2.44. The van der Waals surface area contributed by atoms with Gasteiger partial charge in [-0.05, 0) is 18.6 Å². The molecule has 2 amide bonds. The van der Waals surface area contributed by atoms with E-state index in [1.807, 2.05) is 6.92 Å². The molecule has 4 rings (SSSR count). The van der Waals surface area contributed by atoms with E-state index < -0.39 is 42.8 Å². The number of benzene rings is 1. The van der Waals surface area contributed by atoms with Gasteiger partial charge in [0.1, 0.15) is 30.8 Å². The molecule has 0 aliphatic carbocycles. The second-order valence-corrected chi connectivity index (χ2v) is 7.47. The fourth-order valence-corrected chi connectivity index (χ4v) is 3.86. The van der Waals surface area contributed by atoms with Crippen LogP contribution in [0, 0.1) is 5.95 Å². The Morgan fingerprint density at radius 3 is 2.84 bits per heavy atom. The number of anilines is 2. The fourth-order valence-electron chi connectivity index (χ4n) is 3.86. The zero-order valence-corrected chi connectivity index (χ0v) is 17.3. The average Bonchev–Trinajstić information content (AvgIpc) is 3.21. The molecule has 3 heterocycles. The van der Waals surface area contributed by atoms with E-state index in [2.05, 4.69) is 4.98 Å². The third-order valence-corrected chi connectivity index (χ3v) is 5.30. The van der Waals surface area contributed by atoms with Crippen molar-refractivity contribution in [2.24, 2.45) is 5.73 Å². The number of aromatic nitrogens is 2. The second-order valence-electron chi connectivity index (χ2n) is 7.47. The van der Waals surface area contributed by atoms with Crippen molar-refractivity contribution in [2.75, 3.05) is 36.1 Å². The molecule has 2 aliphatic heterocycles. The Labute approximate surface area is 181 Å². The molecule has 1 atom stereocenters. The minimum atomic E-state index is -2.92. The molecule has 12 heteroatoms. The van der Waals surface area contributed by atoms with E-state index in [1.165, 1.54) is 4.57 Å². The van der Waals surface area contributed by atoms with Crippen LogP contribution in [-0.2, 0) is 16.1 Å². The number of amides is 2. The zero-order valence-electron chi connectivity index (χ0n) is 17.3. The molecule has 1 aromatic carbocycles. The SMILES string of the molecule is CCCN(CC(N)=O)c1ccc2c(c1)OCCn1c-2nc(N2C(=O)OCC2C(F)F)c1F. The summed E-state index contributed by atoms with van der Waals surface area (Å²) in [6, 6.07) is 3.44. The lowest BCUT2D eigenvalue weighted by atomic mass is 10.1. The number of carbonyl (C=O) groups excluding carboxylic acids is 2. The Morgan fingerprint density at radius 2 is 2.16 bits per heavy atom. The number of fused-ring (bicyclic) bond motifs is 3. The number of nitrogens with zero attached hydrogens (tertiary/aromatic N) is 4. The minimum Gasteiger partial charge on any atom is -0.491 e. The predicted molar refractivity (Wildman–Crippen MR) is 108 cm³/mol. The van der Waals surface area contributed by atoms with Crippen molar-refractivity contribution in [3.8, 4) is 17.1 Å². The molecule has 0 radical (unpaired) electrons. The minimum absolute atomic E-state index is 0.0200. The number of halogens is 3. The maximum absolute atomic E-state index is 15.2. The maximum atomic E-state index is 15.2. The van der Waals surface area contributed by atoms with Crippen LogP contribution in [0.25, 0.3) is 11.4 Å². The smallest absolute Gasteiger partial charge is 0.416 e. The largest absolute Gasteiger partial charge is 0.491 e. The van der Waals surface area contributed by atoms with Crippen molar-refractivity contribution < 1.29 is 32.2 Å². The summed E-state index contributed by atoms with van der Waals surface area (Å²) in [4.78, 5) is 30.0. The van der Waals surface area contributed by atoms with E-state index in [-0.39, 0.29) is 25.5 Å². The van der Waals surface area contributed by atoms with Crippen LogP contribution in [0.2, 0.25) is 0 Å². The number of alkyl halides is 2. The number of rotatable bonds is 7. The van der Waals surface area contributed by atoms with Crippen molar-refractivity contribution >= 4 is 23.5 Å². The van der Waals surface area contributed by atoms with Crippen molar-refractivity contribution in [2.45, 2.75) is 32.4 Å². The van der Waals surface area contributed by atoms with Gasteiger partial charge in [0.25, 0.3) is 6.43 Å². The third kappa shape index (κ3) is 3.80. The van der Waals surface area contributed by atoms with E-state index in [0.717, 1.165) is 6.42 Å². The highest BCUT2D eigenvalue weighted by Crippen LogP contribution is 2.39. The molecule has 0 bridgehead atoms. The van der Waals surface area contributed by atoms with E-state index in [4.69, 9.17) is 15.2 Å². The zero-order chi connectivity index (χ0) is 23.0. The fraction of sp³-hybridized carbons (Fsp3) is 0.450. The molecule has 2 aliphatic rings. The average molecular weight is 453 g/mol. The summed E-state index contributed by atoms with van der Waals surface area (Å²) >= 11 is 0. The molecule has 0 saturated carbocycles. The summed E-state index contributed by atoms with van der Waals surface area (Å²) in [5, 5.41) is 0. The van der Waals surface area contributed by atoms with Crippen LogP contribution >= 0.6 is 0 Å². The van der Waals surface area contributed by atoms with Gasteiger partial charge in [0.05, 0.1) is 18.7 Å². The van der Waals surface area contributed by atoms with Gasteiger partial charge in [0.15, 0.2) is 5.82 Å². The number of carbonyl (C=O) groups is 2. The van der Waals surface area contributed by atoms with Gasteiger partial charge in [-0.25, -0.2) is 23.5 Å². The monoisotopic (exact) mass is 453 g/mol. The first-order valence-electron chi connectivity index (χ1n) is 10.1. The van der Waals surface area contributed by atoms with Gasteiger partial charge in [-0.1, -0.05) is 6.92 Å². The topological polar surface area (TPSA) is 103 Å². The highest BCUT2D eigenvalue weighted by molar-refractivity contribution is 5.90. The first-order valence-corrected chi connectivity index (χ1v) is 10.1. The molecule has 1 saturated heterocycles. The van der Waals surface area contributed by atoms with Gasteiger partial charge in [-0.3, -0.25) is 9.36 Å². The van der Waals surface area contributed by atoms with Gasteiger partial charge >= 0.3 is 6.09 Å². The predicted octanol–water partition coefficient (Wildman–Crippen LogP) is 2.37. The Bertz CT molecular complexity index is 1040. The molecular weight excluding hydrogens is 431 g/mol. The number of primary amides is 1. The molecule has 1 fully saturated rings. The lowest BCUT2D eigenvalue weighted by Crippen LogP contribution is -2.39. The van der Waals surface area contributed by atoms with Crippen LogP contribution in [0.4, 0.5) is 29.5 Å². The highest BCUT2D eigenvalue weighted by atomic mass is 19.3. The molecule has 1 unspecified atom stereocenters. The summed E-state index contributed by atoms with van der Waals surface area (Å²) in [6.07, 6.45) is -3.21. The number of hydrogen-bond donors (Lipinski definition) is 1. The van der Waals surface area contributed by atoms with E-state index in [0.29, 0.717) is 28.4 Å². The number of imidazole rings is 1. The van der Waals surface area contributed by atoms with Crippen LogP contribution < -0.4 is 20.3 Å². The molecule has 0 spiro atoms. The van der Waals surface area contributed by atoms with Crippen LogP contribution in [0.15, 0.2) is 18.2 Å². The number of hydrogen-bond acceptors (Lipinski definition) is 6. The van der Waals surface area contributed by atoms with Gasteiger partial charge in [0, 0.05) is 18.3 Å². The first-order chi connectivity index (χ1) is 15.3. The van der Waals surface area contributed by atoms with Crippen LogP contribution in [0.5, 0.6) is 5.75 Å². The number of ether oxygens (including phenoxy) is 2. The van der Waals surface area contributed by atoms with Crippen LogP contribution in [0.1, 0.15) is 13.3 Å². The Hall–Kier alpha value is -3.44. The third-order valence-electron chi connectivity index (χ3n) is 5.30. The van der Waals surface area contributed by atoms with E-state index >= 15 is 4.39 Å². The van der Waals surface area contributed by atoms with Crippen molar-refractivity contribution in [1.82, 2.24) is 9.55 Å². The standard InChI is InChI=1S/C20H22F3N5O4/c1-2-5-26(9-15(24)29)11-3-4-12-14(8-11)31-7-6-27-17(23)19(25-18(12)27)28-13(16(21)22)10-32-20(28)30/h3-4,8,13,16H,2,5-7,9-10H2,1H3,(H2,24,29). The second kappa shape index (κ2) is 8.60. The van der Waals surface area contributed by atoms with Gasteiger partial charge in [0.2, 0.25) is 11.9 Å². The lowest BCUT2D eigenvalue weighted by molar-refractivity contribution is -0.116. The maximum Gasteiger partial charge on any atom is 0.416 e. The molecule has 172 valence electrons. The van der Waals surface area contributed by atoms with Gasteiger partial charge in [-0.2, -0.15) is 4.39 Å². The normalized spacial score (nSPS) is 17.5. The first kappa shape index (κ1) is 21.8. The summed E-state index contributed by atoms with van der Waals surface area (Å²) in [5.41, 5.74) is 6.46. The Morgan fingerprint density at radius 1 is 1.38 bits per heavy atom. The molecule has 1 aromatic heterocycles. The van der Waals surface area contributed by atoms with Crippen molar-refractivity contribution in [3.05, 3.63) is 24.1 Å².